The molecule has 2 heterocycles. The van der Waals surface area contributed by atoms with E-state index in [-0.39, 0.29) is 0 Å². The largest absolute Gasteiger partial charge is 0.487 e. The van der Waals surface area contributed by atoms with E-state index in [1.54, 1.807) is 18.4 Å². The summed E-state index contributed by atoms with van der Waals surface area (Å²) in [6.07, 6.45) is 4.92. The van der Waals surface area contributed by atoms with Gasteiger partial charge in [0.15, 0.2) is 5.06 Å². The van der Waals surface area contributed by atoms with Gasteiger partial charge < -0.3 is 4.74 Å². The molecular formula is C27H20F3OPS. The summed E-state index contributed by atoms with van der Waals surface area (Å²) in [5, 5.41) is 4.70. The van der Waals surface area contributed by atoms with E-state index in [2.05, 4.69) is 48.6 Å². The van der Waals surface area contributed by atoms with E-state index < -0.39 is 19.3 Å². The van der Waals surface area contributed by atoms with E-state index in [0.29, 0.717) is 0 Å². The number of hydrogen-bond donors (Lipinski definition) is 0. The molecule has 1 unspecified atom stereocenters. The molecular weight excluding hydrogens is 460 g/mol. The second-order valence-electron chi connectivity index (χ2n) is 7.68. The number of halogens is 3. The Morgan fingerprint density at radius 3 is 2.36 bits per heavy atom. The van der Waals surface area contributed by atoms with E-state index in [9.17, 15) is 13.2 Å². The fourth-order valence-electron chi connectivity index (χ4n) is 4.13. The van der Waals surface area contributed by atoms with Crippen LogP contribution in [0.3, 0.4) is 0 Å². The number of alkyl halides is 3. The van der Waals surface area contributed by atoms with E-state index in [0.717, 1.165) is 29.2 Å². The third kappa shape index (κ3) is 4.19. The number of ether oxygens (including phenoxy) is 1. The lowest BCUT2D eigenvalue weighted by molar-refractivity contribution is -0.137. The topological polar surface area (TPSA) is 9.23 Å². The van der Waals surface area contributed by atoms with Crippen LogP contribution >= 0.6 is 18.9 Å². The van der Waals surface area contributed by atoms with E-state index in [4.69, 9.17) is 4.74 Å². The Labute approximate surface area is 195 Å². The first-order valence-corrected chi connectivity index (χ1v) is 12.6. The third-order valence-corrected chi connectivity index (χ3v) is 9.52. The first-order valence-electron chi connectivity index (χ1n) is 10.4. The average Bonchev–Trinajstić information content (AvgIpc) is 3.54. The molecule has 1 aliphatic carbocycles. The van der Waals surface area contributed by atoms with Crippen molar-refractivity contribution in [3.05, 3.63) is 100 Å². The molecule has 0 aliphatic heterocycles. The molecule has 166 valence electrons. The molecule has 0 saturated heterocycles. The summed E-state index contributed by atoms with van der Waals surface area (Å²) >= 11 is 1.65. The van der Waals surface area contributed by atoms with Crippen molar-refractivity contribution in [1.29, 1.82) is 0 Å². The maximum Gasteiger partial charge on any atom is 0.416 e. The van der Waals surface area contributed by atoms with Gasteiger partial charge >= 0.3 is 6.18 Å². The zero-order chi connectivity index (χ0) is 23.0. The van der Waals surface area contributed by atoms with Crippen LogP contribution in [0.15, 0.2) is 72.8 Å². The molecule has 2 aromatic heterocycles. The Bertz CT molecular complexity index is 1340. The van der Waals surface area contributed by atoms with Gasteiger partial charge in [0, 0.05) is 15.5 Å². The van der Waals surface area contributed by atoms with Crippen molar-refractivity contribution in [2.45, 2.75) is 12.6 Å². The second-order valence-corrected chi connectivity index (χ2v) is 10.8. The van der Waals surface area contributed by atoms with Gasteiger partial charge in [0.2, 0.25) is 0 Å². The SMILES string of the molecule is COc1ccc(-c2c3c(c(/C=C/c4ccc(C(F)(F)F)cc4)p2-c2ccccc2)C=CC3)s1. The molecule has 6 heteroatoms. The van der Waals surface area contributed by atoms with E-state index in [1.165, 1.54) is 44.0 Å². The Morgan fingerprint density at radius 2 is 1.70 bits per heavy atom. The van der Waals surface area contributed by atoms with Gasteiger partial charge in [-0.3, -0.25) is 0 Å². The predicted molar refractivity (Wildman–Crippen MR) is 133 cm³/mol. The molecule has 1 nitrogen and oxygen atoms in total. The highest BCUT2D eigenvalue weighted by molar-refractivity contribution is 7.62. The van der Waals surface area contributed by atoms with Crippen LogP contribution in [-0.2, 0) is 12.6 Å². The highest BCUT2D eigenvalue weighted by Crippen LogP contribution is 2.60. The molecule has 0 bridgehead atoms. The van der Waals surface area contributed by atoms with Crippen molar-refractivity contribution >= 4 is 37.1 Å². The third-order valence-electron chi connectivity index (χ3n) is 5.66. The van der Waals surface area contributed by atoms with Gasteiger partial charge in [0.25, 0.3) is 0 Å². The van der Waals surface area contributed by atoms with Crippen molar-refractivity contribution < 1.29 is 17.9 Å². The maximum absolute atomic E-state index is 12.9. The van der Waals surface area contributed by atoms with Gasteiger partial charge in [-0.2, -0.15) is 13.2 Å². The molecule has 2 aromatic carbocycles. The second kappa shape index (κ2) is 8.74. The van der Waals surface area contributed by atoms with Crippen molar-refractivity contribution in [2.24, 2.45) is 0 Å². The number of benzene rings is 2. The minimum atomic E-state index is -4.33. The van der Waals surface area contributed by atoms with E-state index in [1.807, 2.05) is 18.2 Å². The van der Waals surface area contributed by atoms with Crippen molar-refractivity contribution in [3.8, 4) is 20.5 Å². The molecule has 0 spiro atoms. The van der Waals surface area contributed by atoms with Crippen LogP contribution < -0.4 is 4.74 Å². The van der Waals surface area contributed by atoms with Gasteiger partial charge in [-0.05, 0) is 58.8 Å². The minimum absolute atomic E-state index is 0.634. The summed E-state index contributed by atoms with van der Waals surface area (Å²) in [7, 11) is 0.888. The van der Waals surface area contributed by atoms with Crippen molar-refractivity contribution in [3.63, 3.8) is 0 Å². The first kappa shape index (κ1) is 21.8. The molecule has 5 rings (SSSR count). The molecule has 0 radical (unpaired) electrons. The van der Waals surface area contributed by atoms with Crippen LogP contribution in [0.1, 0.15) is 27.5 Å². The number of rotatable bonds is 5. The molecule has 0 fully saturated rings. The lowest BCUT2D eigenvalue weighted by atomic mass is 10.1. The molecule has 0 amide bonds. The summed E-state index contributed by atoms with van der Waals surface area (Å²) in [5.74, 6) is 0. The molecule has 33 heavy (non-hydrogen) atoms. The lowest BCUT2D eigenvalue weighted by Crippen LogP contribution is -2.03. The minimum Gasteiger partial charge on any atom is -0.487 e. The fraction of sp³-hybridized carbons (Fsp3) is 0.111. The van der Waals surface area contributed by atoms with E-state index >= 15 is 0 Å². The summed E-state index contributed by atoms with van der Waals surface area (Å²) in [6.45, 7) is 0. The van der Waals surface area contributed by atoms with Crippen LogP contribution in [0.4, 0.5) is 13.2 Å². The van der Waals surface area contributed by atoms with Gasteiger partial charge in [0.05, 0.1) is 12.7 Å². The molecule has 0 saturated carbocycles. The zero-order valence-corrected chi connectivity index (χ0v) is 19.5. The van der Waals surface area contributed by atoms with Gasteiger partial charge in [-0.1, -0.05) is 79.6 Å². The number of allylic oxidation sites excluding steroid dienone is 1. The Morgan fingerprint density at radius 1 is 0.939 bits per heavy atom. The number of thiophene rings is 1. The summed E-state index contributed by atoms with van der Waals surface area (Å²) in [6, 6.07) is 19.9. The number of methoxy groups -OCH3 is 1. The number of hydrogen-bond acceptors (Lipinski definition) is 2. The zero-order valence-electron chi connectivity index (χ0n) is 17.8. The monoisotopic (exact) mass is 480 g/mol. The fourth-order valence-corrected chi connectivity index (χ4v) is 8.03. The molecule has 4 aromatic rings. The van der Waals surface area contributed by atoms with Gasteiger partial charge in [-0.15, -0.1) is 0 Å². The molecule has 1 atom stereocenters. The van der Waals surface area contributed by atoms with Crippen LogP contribution in [0, 0.1) is 0 Å². The summed E-state index contributed by atoms with van der Waals surface area (Å²) in [4.78, 5) is 1.20. The van der Waals surface area contributed by atoms with Crippen molar-refractivity contribution in [2.75, 3.05) is 7.11 Å². The average molecular weight is 480 g/mol. The molecule has 1 aliphatic rings. The maximum atomic E-state index is 12.9. The van der Waals surface area contributed by atoms with Crippen LogP contribution in [0.25, 0.3) is 33.7 Å². The smallest absolute Gasteiger partial charge is 0.416 e. The Balaban J connectivity index is 1.65. The Hall–Kier alpha value is -3.01. The quantitative estimate of drug-likeness (QED) is 0.277. The normalized spacial score (nSPS) is 13.6. The van der Waals surface area contributed by atoms with Gasteiger partial charge in [-0.25, -0.2) is 0 Å². The highest BCUT2D eigenvalue weighted by Gasteiger charge is 2.30. The predicted octanol–water partition coefficient (Wildman–Crippen LogP) is 9.16. The number of fused-ring (bicyclic) bond motifs is 1. The lowest BCUT2D eigenvalue weighted by Gasteiger charge is -2.09. The van der Waals surface area contributed by atoms with Crippen LogP contribution in [0.5, 0.6) is 5.06 Å². The highest BCUT2D eigenvalue weighted by atomic mass is 32.1. The molecule has 0 N–H and O–H groups in total. The van der Waals surface area contributed by atoms with Crippen LogP contribution in [0.2, 0.25) is 0 Å². The summed E-state index contributed by atoms with van der Waals surface area (Å²) < 4.78 is 44.2. The Kier molecular flexibility index (Phi) is 5.77. The first-order chi connectivity index (χ1) is 16.0. The standard InChI is InChI=1S/C27H20F3OPS/c1-31-25-17-16-24(33-25)26-22-9-5-8-21(22)23(32(26)20-6-3-2-4-7-20)15-12-18-10-13-19(14-11-18)27(28,29)30/h2-8,10-17H,9H2,1H3/b15-12+. The van der Waals surface area contributed by atoms with Crippen molar-refractivity contribution in [1.82, 2.24) is 0 Å². The van der Waals surface area contributed by atoms with Crippen LogP contribution in [-0.4, -0.2) is 7.11 Å². The van der Waals surface area contributed by atoms with Gasteiger partial charge in [0.1, 0.15) is 0 Å². The summed E-state index contributed by atoms with van der Waals surface area (Å²) in [5.41, 5.74) is 2.68.